The third-order valence-electron chi connectivity index (χ3n) is 2.30. The van der Waals surface area contributed by atoms with Gasteiger partial charge in [0.1, 0.15) is 0 Å². The zero-order valence-corrected chi connectivity index (χ0v) is 9.22. The summed E-state index contributed by atoms with van der Waals surface area (Å²) in [6.07, 6.45) is 4.62. The predicted octanol–water partition coefficient (Wildman–Crippen LogP) is 2.64. The number of pyridine rings is 1. The molecule has 3 heterocycles. The average Bonchev–Trinajstić information content (AvgIpc) is 2.70. The minimum absolute atomic E-state index is 0.0319. The Morgan fingerprint density at radius 1 is 1.12 bits per heavy atom. The largest absolute Gasteiger partial charge is 0.504 e. The Bertz CT molecular complexity index is 682. The van der Waals surface area contributed by atoms with Crippen LogP contribution in [-0.2, 0) is 0 Å². The molecule has 0 saturated carbocycles. The van der Waals surface area contributed by atoms with E-state index in [-0.39, 0.29) is 16.7 Å². The molecule has 5 nitrogen and oxygen atoms in total. The Balaban J connectivity index is 2.32. The van der Waals surface area contributed by atoms with Crippen molar-refractivity contribution in [1.29, 1.82) is 0 Å². The third kappa shape index (κ3) is 1.52. The highest BCUT2D eigenvalue weighted by molar-refractivity contribution is 6.33. The predicted molar refractivity (Wildman–Crippen MR) is 61.7 cm³/mol. The Morgan fingerprint density at radius 3 is 2.59 bits per heavy atom. The molecule has 0 unspecified atom stereocenters. The van der Waals surface area contributed by atoms with Crippen LogP contribution in [0.1, 0.15) is 0 Å². The number of furan rings is 1. The summed E-state index contributed by atoms with van der Waals surface area (Å²) >= 11 is 5.87. The lowest BCUT2D eigenvalue weighted by molar-refractivity contribution is 0.469. The number of fused-ring (bicyclic) bond motifs is 1. The van der Waals surface area contributed by atoms with Crippen LogP contribution in [-0.4, -0.2) is 20.1 Å². The molecule has 3 aromatic heterocycles. The van der Waals surface area contributed by atoms with Gasteiger partial charge in [-0.15, -0.1) is 0 Å². The molecule has 0 bridgehead atoms. The maximum atomic E-state index is 10.0. The first kappa shape index (κ1) is 10.0. The Kier molecular flexibility index (Phi) is 2.19. The highest BCUT2D eigenvalue weighted by Gasteiger charge is 2.18. The smallest absolute Gasteiger partial charge is 0.214 e. The van der Waals surface area contributed by atoms with Crippen LogP contribution in [0.3, 0.4) is 0 Å². The van der Waals surface area contributed by atoms with Crippen LogP contribution in [0.5, 0.6) is 5.75 Å². The highest BCUT2D eigenvalue weighted by atomic mass is 35.5. The van der Waals surface area contributed by atoms with Gasteiger partial charge in [-0.25, -0.2) is 15.0 Å². The number of hydrogen-bond donors (Lipinski definition) is 1. The van der Waals surface area contributed by atoms with Gasteiger partial charge in [0.25, 0.3) is 0 Å². The van der Waals surface area contributed by atoms with Crippen molar-refractivity contribution in [2.45, 2.75) is 0 Å². The zero-order chi connectivity index (χ0) is 11.8. The van der Waals surface area contributed by atoms with Crippen molar-refractivity contribution in [1.82, 2.24) is 15.0 Å². The average molecular weight is 248 g/mol. The van der Waals surface area contributed by atoms with Gasteiger partial charge in [0.05, 0.1) is 5.39 Å². The Morgan fingerprint density at radius 2 is 1.88 bits per heavy atom. The number of nitrogens with zero attached hydrogens (tertiary/aromatic N) is 3. The van der Waals surface area contributed by atoms with Gasteiger partial charge in [-0.1, -0.05) is 11.6 Å². The summed E-state index contributed by atoms with van der Waals surface area (Å²) in [7, 11) is 0. The van der Waals surface area contributed by atoms with E-state index in [1.54, 1.807) is 24.5 Å². The molecule has 0 amide bonds. The van der Waals surface area contributed by atoms with E-state index in [1.165, 1.54) is 6.20 Å². The first-order chi connectivity index (χ1) is 8.27. The van der Waals surface area contributed by atoms with E-state index in [9.17, 15) is 5.11 Å². The standard InChI is InChI=1S/C11H6ClN3O2/c12-10-8-6(2-5-13-10)7(16)9(17-8)11-14-3-1-4-15-11/h1-5,16H. The van der Waals surface area contributed by atoms with Crippen molar-refractivity contribution in [2.24, 2.45) is 0 Å². The summed E-state index contributed by atoms with van der Waals surface area (Å²) < 4.78 is 5.45. The molecule has 0 radical (unpaired) electrons. The molecule has 0 aliphatic carbocycles. The third-order valence-corrected chi connectivity index (χ3v) is 2.57. The van der Waals surface area contributed by atoms with Crippen molar-refractivity contribution >= 4 is 22.6 Å². The molecule has 3 rings (SSSR count). The molecule has 0 aromatic carbocycles. The van der Waals surface area contributed by atoms with Crippen LogP contribution in [0.15, 0.2) is 35.1 Å². The van der Waals surface area contributed by atoms with Gasteiger partial charge in [0.15, 0.2) is 22.3 Å². The topological polar surface area (TPSA) is 72.0 Å². The molecule has 0 aliphatic heterocycles. The van der Waals surface area contributed by atoms with Gasteiger partial charge in [-0.3, -0.25) is 0 Å². The number of rotatable bonds is 1. The van der Waals surface area contributed by atoms with Crippen LogP contribution in [0.4, 0.5) is 0 Å². The molecule has 0 saturated heterocycles. The van der Waals surface area contributed by atoms with Crippen molar-refractivity contribution in [3.63, 3.8) is 0 Å². The second kappa shape index (κ2) is 3.71. The van der Waals surface area contributed by atoms with Crippen LogP contribution in [0, 0.1) is 0 Å². The molecular formula is C11H6ClN3O2. The maximum absolute atomic E-state index is 10.0. The number of aromatic nitrogens is 3. The first-order valence-corrected chi connectivity index (χ1v) is 5.18. The zero-order valence-electron chi connectivity index (χ0n) is 8.46. The summed E-state index contributed by atoms with van der Waals surface area (Å²) in [6, 6.07) is 3.30. The van der Waals surface area contributed by atoms with Crippen LogP contribution >= 0.6 is 11.6 Å². The van der Waals surface area contributed by atoms with Crippen molar-refractivity contribution in [3.8, 4) is 17.3 Å². The molecule has 0 aliphatic rings. The van der Waals surface area contributed by atoms with E-state index >= 15 is 0 Å². The molecule has 0 fully saturated rings. The Hall–Kier alpha value is -2.14. The second-order valence-electron chi connectivity index (χ2n) is 3.33. The SMILES string of the molecule is Oc1c(-c2ncccn2)oc2c(Cl)nccc12. The Labute approximate surface area is 101 Å². The summed E-state index contributed by atoms with van der Waals surface area (Å²) in [5.74, 6) is 0.461. The minimum atomic E-state index is -0.0319. The van der Waals surface area contributed by atoms with Crippen molar-refractivity contribution < 1.29 is 9.52 Å². The van der Waals surface area contributed by atoms with Gasteiger partial charge in [-0.05, 0) is 12.1 Å². The molecule has 0 atom stereocenters. The van der Waals surface area contributed by atoms with E-state index < -0.39 is 0 Å². The summed E-state index contributed by atoms with van der Waals surface area (Å²) in [6.45, 7) is 0. The lowest BCUT2D eigenvalue weighted by Crippen LogP contribution is -1.84. The summed E-state index contributed by atoms with van der Waals surface area (Å²) in [4.78, 5) is 11.9. The highest BCUT2D eigenvalue weighted by Crippen LogP contribution is 2.39. The number of hydrogen-bond acceptors (Lipinski definition) is 5. The van der Waals surface area contributed by atoms with Crippen LogP contribution in [0.25, 0.3) is 22.6 Å². The van der Waals surface area contributed by atoms with Crippen molar-refractivity contribution in [3.05, 3.63) is 35.9 Å². The second-order valence-corrected chi connectivity index (χ2v) is 3.69. The fraction of sp³-hybridized carbons (Fsp3) is 0. The van der Waals surface area contributed by atoms with Crippen LogP contribution in [0.2, 0.25) is 5.15 Å². The molecule has 1 N–H and O–H groups in total. The maximum Gasteiger partial charge on any atom is 0.214 e. The fourth-order valence-electron chi connectivity index (χ4n) is 1.55. The van der Waals surface area contributed by atoms with E-state index in [2.05, 4.69) is 15.0 Å². The lowest BCUT2D eigenvalue weighted by atomic mass is 10.3. The van der Waals surface area contributed by atoms with Gasteiger partial charge in [-0.2, -0.15) is 0 Å². The molecule has 84 valence electrons. The minimum Gasteiger partial charge on any atom is -0.504 e. The van der Waals surface area contributed by atoms with Gasteiger partial charge >= 0.3 is 0 Å². The first-order valence-electron chi connectivity index (χ1n) is 4.80. The van der Waals surface area contributed by atoms with Gasteiger partial charge in [0.2, 0.25) is 5.76 Å². The summed E-state index contributed by atoms with van der Waals surface area (Å²) in [5.41, 5.74) is 0.328. The molecule has 3 aromatic rings. The van der Waals surface area contributed by atoms with Gasteiger partial charge < -0.3 is 9.52 Å². The molecule has 6 heteroatoms. The van der Waals surface area contributed by atoms with Crippen molar-refractivity contribution in [2.75, 3.05) is 0 Å². The lowest BCUT2D eigenvalue weighted by Gasteiger charge is -1.93. The summed E-state index contributed by atoms with van der Waals surface area (Å²) in [5, 5.41) is 10.7. The van der Waals surface area contributed by atoms with E-state index in [0.717, 1.165) is 0 Å². The normalized spacial score (nSPS) is 10.9. The van der Waals surface area contributed by atoms with E-state index in [1.807, 2.05) is 0 Å². The van der Waals surface area contributed by atoms with E-state index in [0.29, 0.717) is 16.8 Å². The molecule has 0 spiro atoms. The number of halogens is 1. The van der Waals surface area contributed by atoms with Crippen LogP contribution < -0.4 is 0 Å². The molecule has 17 heavy (non-hydrogen) atoms. The monoisotopic (exact) mass is 247 g/mol. The van der Waals surface area contributed by atoms with Gasteiger partial charge in [0, 0.05) is 18.6 Å². The number of aromatic hydroxyl groups is 1. The fourth-order valence-corrected chi connectivity index (χ4v) is 1.74. The molecular weight excluding hydrogens is 242 g/mol. The van der Waals surface area contributed by atoms with E-state index in [4.69, 9.17) is 16.0 Å². The quantitative estimate of drug-likeness (QED) is 0.669.